The highest BCUT2D eigenvalue weighted by Crippen LogP contribution is 2.29. The average molecular weight is 274 g/mol. The van der Waals surface area contributed by atoms with Gasteiger partial charge in [0.15, 0.2) is 0 Å². The van der Waals surface area contributed by atoms with Crippen molar-refractivity contribution in [2.45, 2.75) is 0 Å². The molecule has 0 radical (unpaired) electrons. The Hall–Kier alpha value is -1.93. The van der Waals surface area contributed by atoms with E-state index in [0.29, 0.717) is 0 Å². The zero-order chi connectivity index (χ0) is 13.7. The van der Waals surface area contributed by atoms with Crippen molar-refractivity contribution in [1.29, 1.82) is 0 Å². The number of halogens is 1. The van der Waals surface area contributed by atoms with Gasteiger partial charge in [0.2, 0.25) is 0 Å². The van der Waals surface area contributed by atoms with E-state index in [0.717, 1.165) is 27.6 Å². The van der Waals surface area contributed by atoms with Crippen molar-refractivity contribution >= 4 is 29.4 Å². The second-order valence-corrected chi connectivity index (χ2v) is 4.43. The molecule has 0 aliphatic heterocycles. The summed E-state index contributed by atoms with van der Waals surface area (Å²) in [5.41, 5.74) is 3.01. The van der Waals surface area contributed by atoms with E-state index in [1.807, 2.05) is 61.7 Å². The molecule has 0 saturated carbocycles. The van der Waals surface area contributed by atoms with Gasteiger partial charge in [-0.05, 0) is 29.8 Å². The second-order valence-electron chi connectivity index (χ2n) is 4.03. The van der Waals surface area contributed by atoms with Gasteiger partial charge in [0.1, 0.15) is 5.75 Å². The fourth-order valence-electron chi connectivity index (χ4n) is 1.90. The van der Waals surface area contributed by atoms with Crippen molar-refractivity contribution in [1.82, 2.24) is 0 Å². The molecule has 2 rings (SSSR count). The Morgan fingerprint density at radius 1 is 1.05 bits per heavy atom. The second kappa shape index (κ2) is 6.30. The van der Waals surface area contributed by atoms with Gasteiger partial charge in [0.05, 0.1) is 7.11 Å². The molecule has 1 N–H and O–H groups in total. The number of benzene rings is 2. The van der Waals surface area contributed by atoms with Crippen molar-refractivity contribution < 1.29 is 4.74 Å². The average Bonchev–Trinajstić information content (AvgIpc) is 2.46. The van der Waals surface area contributed by atoms with Crippen molar-refractivity contribution in [2.24, 2.45) is 0 Å². The molecule has 3 heteroatoms. The lowest BCUT2D eigenvalue weighted by molar-refractivity contribution is 0.414. The first-order chi connectivity index (χ1) is 9.26. The van der Waals surface area contributed by atoms with Crippen molar-refractivity contribution in [2.75, 3.05) is 19.5 Å². The Morgan fingerprint density at radius 3 is 2.53 bits per heavy atom. The smallest absolute Gasteiger partial charge is 0.128 e. The number of hydrogen-bond acceptors (Lipinski definition) is 2. The first-order valence-electron chi connectivity index (χ1n) is 6.03. The lowest BCUT2D eigenvalue weighted by Crippen LogP contribution is -1.94. The van der Waals surface area contributed by atoms with Crippen molar-refractivity contribution in [3.05, 3.63) is 58.6 Å². The minimum atomic E-state index is 0.736. The third-order valence-electron chi connectivity index (χ3n) is 2.89. The van der Waals surface area contributed by atoms with E-state index >= 15 is 0 Å². The number of rotatable bonds is 4. The van der Waals surface area contributed by atoms with E-state index in [4.69, 9.17) is 16.3 Å². The summed E-state index contributed by atoms with van der Waals surface area (Å²) in [6.45, 7) is 0. The van der Waals surface area contributed by atoms with Gasteiger partial charge in [0.25, 0.3) is 0 Å². The van der Waals surface area contributed by atoms with Gasteiger partial charge >= 0.3 is 0 Å². The molecule has 0 aromatic heterocycles. The maximum atomic E-state index is 6.14. The van der Waals surface area contributed by atoms with Crippen LogP contribution in [0.5, 0.6) is 5.75 Å². The standard InChI is InChI=1S/C16H16ClNO/c1-18-15-8-5-9-16(19-2)13(15)11-10-12-6-3-4-7-14(12)17/h3-11,18H,1-2H3/b11-10+. The van der Waals surface area contributed by atoms with Crippen LogP contribution >= 0.6 is 11.6 Å². The maximum absolute atomic E-state index is 6.14. The van der Waals surface area contributed by atoms with Crippen LogP contribution in [-0.2, 0) is 0 Å². The molecule has 0 spiro atoms. The van der Waals surface area contributed by atoms with Crippen LogP contribution in [0.25, 0.3) is 12.2 Å². The lowest BCUT2D eigenvalue weighted by atomic mass is 10.1. The Morgan fingerprint density at radius 2 is 1.84 bits per heavy atom. The van der Waals surface area contributed by atoms with Crippen LogP contribution in [0.2, 0.25) is 5.02 Å². The summed E-state index contributed by atoms with van der Waals surface area (Å²) in [4.78, 5) is 0. The summed E-state index contributed by atoms with van der Waals surface area (Å²) in [6, 6.07) is 13.6. The maximum Gasteiger partial charge on any atom is 0.128 e. The molecule has 0 saturated heterocycles. The first-order valence-corrected chi connectivity index (χ1v) is 6.41. The molecule has 2 aromatic rings. The SMILES string of the molecule is CNc1cccc(OC)c1/C=C/c1ccccc1Cl. The van der Waals surface area contributed by atoms with E-state index in [-0.39, 0.29) is 0 Å². The summed E-state index contributed by atoms with van der Waals surface area (Å²) in [5, 5.41) is 3.89. The van der Waals surface area contributed by atoms with E-state index in [9.17, 15) is 0 Å². The van der Waals surface area contributed by atoms with Crippen LogP contribution in [0.15, 0.2) is 42.5 Å². The fraction of sp³-hybridized carbons (Fsp3) is 0.125. The normalized spacial score (nSPS) is 10.7. The molecule has 0 amide bonds. The predicted octanol–water partition coefficient (Wildman–Crippen LogP) is 4.56. The lowest BCUT2D eigenvalue weighted by Gasteiger charge is -2.10. The van der Waals surface area contributed by atoms with Gasteiger partial charge in [0, 0.05) is 23.3 Å². The van der Waals surface area contributed by atoms with Crippen molar-refractivity contribution in [3.8, 4) is 5.75 Å². The molecule has 98 valence electrons. The van der Waals surface area contributed by atoms with Gasteiger partial charge in [-0.25, -0.2) is 0 Å². The van der Waals surface area contributed by atoms with Gasteiger partial charge in [-0.15, -0.1) is 0 Å². The van der Waals surface area contributed by atoms with Crippen LogP contribution in [-0.4, -0.2) is 14.2 Å². The van der Waals surface area contributed by atoms with Gasteiger partial charge < -0.3 is 10.1 Å². The van der Waals surface area contributed by atoms with Crippen LogP contribution in [0.3, 0.4) is 0 Å². The summed E-state index contributed by atoms with van der Waals surface area (Å²) < 4.78 is 5.38. The number of methoxy groups -OCH3 is 1. The molecule has 0 heterocycles. The summed E-state index contributed by atoms with van der Waals surface area (Å²) in [5.74, 6) is 0.829. The van der Waals surface area contributed by atoms with Crippen molar-refractivity contribution in [3.63, 3.8) is 0 Å². The molecule has 2 aromatic carbocycles. The quantitative estimate of drug-likeness (QED) is 0.825. The number of hydrogen-bond donors (Lipinski definition) is 1. The molecule has 19 heavy (non-hydrogen) atoms. The van der Waals surface area contributed by atoms with Gasteiger partial charge in [-0.1, -0.05) is 41.9 Å². The van der Waals surface area contributed by atoms with Gasteiger partial charge in [-0.2, -0.15) is 0 Å². The number of anilines is 1. The number of ether oxygens (including phenoxy) is 1. The molecule has 0 unspecified atom stereocenters. The third kappa shape index (κ3) is 3.09. The molecule has 0 atom stereocenters. The summed E-state index contributed by atoms with van der Waals surface area (Å²) in [7, 11) is 3.56. The Bertz CT molecular complexity index is 571. The van der Waals surface area contributed by atoms with E-state index < -0.39 is 0 Å². The molecule has 0 aliphatic rings. The summed E-state index contributed by atoms with van der Waals surface area (Å²) in [6.07, 6.45) is 3.99. The third-order valence-corrected chi connectivity index (χ3v) is 3.23. The zero-order valence-corrected chi connectivity index (χ0v) is 11.7. The van der Waals surface area contributed by atoms with Gasteiger partial charge in [-0.3, -0.25) is 0 Å². The highest BCUT2D eigenvalue weighted by atomic mass is 35.5. The number of nitrogens with one attached hydrogen (secondary N) is 1. The monoisotopic (exact) mass is 273 g/mol. The minimum absolute atomic E-state index is 0.736. The molecule has 2 nitrogen and oxygen atoms in total. The molecule has 0 fully saturated rings. The highest BCUT2D eigenvalue weighted by Gasteiger charge is 2.04. The summed E-state index contributed by atoms with van der Waals surface area (Å²) >= 11 is 6.14. The van der Waals surface area contributed by atoms with Crippen LogP contribution < -0.4 is 10.1 Å². The Balaban J connectivity index is 2.40. The highest BCUT2D eigenvalue weighted by molar-refractivity contribution is 6.32. The topological polar surface area (TPSA) is 21.3 Å². The predicted molar refractivity (Wildman–Crippen MR) is 82.9 cm³/mol. The van der Waals surface area contributed by atoms with Crippen LogP contribution in [0.4, 0.5) is 5.69 Å². The largest absolute Gasteiger partial charge is 0.496 e. The van der Waals surface area contributed by atoms with E-state index in [1.54, 1.807) is 7.11 Å². The van der Waals surface area contributed by atoms with E-state index in [2.05, 4.69) is 5.32 Å². The molecular formula is C16H16ClNO. The fourth-order valence-corrected chi connectivity index (χ4v) is 2.09. The minimum Gasteiger partial charge on any atom is -0.496 e. The first kappa shape index (κ1) is 13.5. The van der Waals surface area contributed by atoms with E-state index in [1.165, 1.54) is 0 Å². The zero-order valence-electron chi connectivity index (χ0n) is 11.0. The molecule has 0 aliphatic carbocycles. The Kier molecular flexibility index (Phi) is 4.48. The molecular weight excluding hydrogens is 258 g/mol. The molecule has 0 bridgehead atoms. The Labute approximate surface area is 118 Å². The van der Waals surface area contributed by atoms with Crippen LogP contribution in [0, 0.1) is 0 Å². The van der Waals surface area contributed by atoms with Crippen LogP contribution in [0.1, 0.15) is 11.1 Å².